The fraction of sp³-hybridized carbons (Fsp3) is 0.429. The van der Waals surface area contributed by atoms with E-state index in [9.17, 15) is 0 Å². The highest BCUT2D eigenvalue weighted by Gasteiger charge is 2.13. The zero-order valence-electron chi connectivity index (χ0n) is 10.8. The van der Waals surface area contributed by atoms with Crippen molar-refractivity contribution >= 4 is 22.7 Å². The summed E-state index contributed by atoms with van der Waals surface area (Å²) in [7, 11) is 4.14. The van der Waals surface area contributed by atoms with Crippen LogP contribution >= 0.6 is 22.7 Å². The molecule has 0 saturated carbocycles. The van der Waals surface area contributed by atoms with Crippen molar-refractivity contribution in [3.8, 4) is 0 Å². The number of likely N-dealkylation sites (N-methyl/N-ethyl adjacent to an activating group) is 1. The Labute approximate surface area is 117 Å². The molecule has 0 aliphatic carbocycles. The fourth-order valence-electron chi connectivity index (χ4n) is 1.73. The van der Waals surface area contributed by atoms with Gasteiger partial charge in [-0.3, -0.25) is 0 Å². The first-order chi connectivity index (χ1) is 8.75. The summed E-state index contributed by atoms with van der Waals surface area (Å²) >= 11 is 3.48. The van der Waals surface area contributed by atoms with Crippen molar-refractivity contribution in [1.29, 1.82) is 0 Å². The highest BCUT2D eigenvalue weighted by atomic mass is 32.1. The van der Waals surface area contributed by atoms with Crippen LogP contribution in [0.15, 0.2) is 33.7 Å². The molecule has 0 aliphatic heterocycles. The highest BCUT2D eigenvalue weighted by Crippen LogP contribution is 2.25. The van der Waals surface area contributed by atoms with E-state index in [1.165, 1.54) is 11.1 Å². The van der Waals surface area contributed by atoms with E-state index in [0.717, 1.165) is 19.6 Å². The molecular weight excluding hydrogens is 262 g/mol. The molecule has 2 aromatic rings. The number of nitrogens with zero attached hydrogens (tertiary/aromatic N) is 1. The van der Waals surface area contributed by atoms with Crippen LogP contribution in [0.5, 0.6) is 0 Å². The van der Waals surface area contributed by atoms with Gasteiger partial charge in [-0.1, -0.05) is 0 Å². The first-order valence-corrected chi connectivity index (χ1v) is 7.94. The van der Waals surface area contributed by atoms with Crippen LogP contribution in [0, 0.1) is 0 Å². The first kappa shape index (κ1) is 13.7. The van der Waals surface area contributed by atoms with Gasteiger partial charge in [-0.2, -0.15) is 22.7 Å². The second-order valence-corrected chi connectivity index (χ2v) is 6.12. The lowest BCUT2D eigenvalue weighted by Gasteiger charge is -2.18. The van der Waals surface area contributed by atoms with Crippen LogP contribution in [0.1, 0.15) is 17.2 Å². The van der Waals surface area contributed by atoms with Crippen molar-refractivity contribution in [2.75, 3.05) is 27.2 Å². The Hall–Kier alpha value is -0.680. The van der Waals surface area contributed by atoms with E-state index in [4.69, 9.17) is 4.74 Å². The molecule has 2 heterocycles. The van der Waals surface area contributed by atoms with Gasteiger partial charge in [0.15, 0.2) is 0 Å². The van der Waals surface area contributed by atoms with Crippen LogP contribution in [-0.2, 0) is 11.2 Å². The Balaban J connectivity index is 1.95. The third-order valence-electron chi connectivity index (χ3n) is 2.77. The molecule has 2 aromatic heterocycles. The number of thiophene rings is 2. The summed E-state index contributed by atoms with van der Waals surface area (Å²) in [4.78, 5) is 2.15. The van der Waals surface area contributed by atoms with E-state index in [1.54, 1.807) is 22.7 Å². The van der Waals surface area contributed by atoms with Gasteiger partial charge in [-0.15, -0.1) is 0 Å². The van der Waals surface area contributed by atoms with Crippen LogP contribution in [-0.4, -0.2) is 32.1 Å². The summed E-state index contributed by atoms with van der Waals surface area (Å²) in [6.45, 7) is 1.74. The molecule has 0 aliphatic rings. The molecule has 4 heteroatoms. The van der Waals surface area contributed by atoms with Crippen LogP contribution in [0.4, 0.5) is 0 Å². The van der Waals surface area contributed by atoms with Gasteiger partial charge in [0, 0.05) is 13.0 Å². The first-order valence-electron chi connectivity index (χ1n) is 6.05. The third-order valence-corrected chi connectivity index (χ3v) is 4.21. The van der Waals surface area contributed by atoms with Gasteiger partial charge >= 0.3 is 0 Å². The smallest absolute Gasteiger partial charge is 0.0874 e. The molecule has 0 fully saturated rings. The molecule has 2 rings (SSSR count). The molecule has 98 valence electrons. The van der Waals surface area contributed by atoms with E-state index < -0.39 is 0 Å². The van der Waals surface area contributed by atoms with Gasteiger partial charge in [0.1, 0.15) is 0 Å². The quantitative estimate of drug-likeness (QED) is 0.768. The summed E-state index contributed by atoms with van der Waals surface area (Å²) in [5.74, 6) is 0. The molecule has 0 amide bonds. The fourth-order valence-corrected chi connectivity index (χ4v) is 3.11. The summed E-state index contributed by atoms with van der Waals surface area (Å²) in [5, 5.41) is 8.63. The normalized spacial score (nSPS) is 13.1. The molecule has 18 heavy (non-hydrogen) atoms. The van der Waals surface area contributed by atoms with Gasteiger partial charge in [0.2, 0.25) is 0 Å². The van der Waals surface area contributed by atoms with Crippen LogP contribution in [0.25, 0.3) is 0 Å². The highest BCUT2D eigenvalue weighted by molar-refractivity contribution is 7.08. The summed E-state index contributed by atoms with van der Waals surface area (Å²) < 4.78 is 6.04. The van der Waals surface area contributed by atoms with Crippen LogP contribution < -0.4 is 0 Å². The van der Waals surface area contributed by atoms with E-state index >= 15 is 0 Å². The van der Waals surface area contributed by atoms with Gasteiger partial charge in [-0.25, -0.2) is 0 Å². The summed E-state index contributed by atoms with van der Waals surface area (Å²) in [6, 6.07) is 4.34. The number of ether oxygens (including phenoxy) is 1. The Morgan fingerprint density at radius 2 is 1.94 bits per heavy atom. The molecule has 0 saturated heterocycles. The molecule has 2 nitrogen and oxygen atoms in total. The molecule has 0 bridgehead atoms. The molecule has 1 unspecified atom stereocenters. The largest absolute Gasteiger partial charge is 0.372 e. The van der Waals surface area contributed by atoms with E-state index in [1.807, 2.05) is 0 Å². The van der Waals surface area contributed by atoms with Crippen molar-refractivity contribution in [3.05, 3.63) is 44.8 Å². The van der Waals surface area contributed by atoms with Crippen molar-refractivity contribution in [2.24, 2.45) is 0 Å². The van der Waals surface area contributed by atoms with Gasteiger partial charge < -0.3 is 9.64 Å². The second-order valence-electron chi connectivity index (χ2n) is 4.56. The van der Waals surface area contributed by atoms with Crippen LogP contribution in [0.3, 0.4) is 0 Å². The van der Waals surface area contributed by atoms with Gasteiger partial charge in [0.05, 0.1) is 12.7 Å². The topological polar surface area (TPSA) is 12.5 Å². The molecule has 0 aromatic carbocycles. The minimum absolute atomic E-state index is 0.186. The minimum Gasteiger partial charge on any atom is -0.372 e. The molecule has 0 radical (unpaired) electrons. The molecular formula is C14H19NOS2. The number of rotatable bonds is 7. The second kappa shape index (κ2) is 7.04. The Morgan fingerprint density at radius 3 is 2.56 bits per heavy atom. The molecule has 0 spiro atoms. The lowest BCUT2D eigenvalue weighted by atomic mass is 10.1. The van der Waals surface area contributed by atoms with Crippen molar-refractivity contribution < 1.29 is 4.74 Å². The van der Waals surface area contributed by atoms with Gasteiger partial charge in [-0.05, 0) is 58.9 Å². The van der Waals surface area contributed by atoms with Crippen LogP contribution in [0.2, 0.25) is 0 Å². The summed E-state index contributed by atoms with van der Waals surface area (Å²) in [5.41, 5.74) is 2.66. The maximum atomic E-state index is 6.04. The zero-order valence-corrected chi connectivity index (χ0v) is 12.5. The molecule has 1 atom stereocenters. The maximum absolute atomic E-state index is 6.04. The lowest BCUT2D eigenvalue weighted by molar-refractivity contribution is 0.0440. The van der Waals surface area contributed by atoms with E-state index in [0.29, 0.717) is 0 Å². The standard InChI is InChI=1S/C14H19NOS2/c1-15(2)5-6-16-14(13-4-8-18-11-13)9-12-3-7-17-10-12/h3-4,7-8,10-11,14H,5-6,9H2,1-2H3. The average molecular weight is 281 g/mol. The number of hydrogen-bond acceptors (Lipinski definition) is 4. The SMILES string of the molecule is CN(C)CCOC(Cc1ccsc1)c1ccsc1. The number of hydrogen-bond donors (Lipinski definition) is 0. The summed E-state index contributed by atoms with van der Waals surface area (Å²) in [6.07, 6.45) is 1.15. The Morgan fingerprint density at radius 1 is 1.17 bits per heavy atom. The van der Waals surface area contributed by atoms with Crippen molar-refractivity contribution in [1.82, 2.24) is 4.90 Å². The average Bonchev–Trinajstić information content (AvgIpc) is 3.00. The third kappa shape index (κ3) is 4.21. The Bertz CT molecular complexity index is 423. The lowest BCUT2D eigenvalue weighted by Crippen LogP contribution is -2.20. The Kier molecular flexibility index (Phi) is 5.38. The minimum atomic E-state index is 0.186. The van der Waals surface area contributed by atoms with Gasteiger partial charge in [0.25, 0.3) is 0 Å². The van der Waals surface area contributed by atoms with Crippen molar-refractivity contribution in [2.45, 2.75) is 12.5 Å². The predicted octanol–water partition coefficient (Wildman–Crippen LogP) is 3.67. The van der Waals surface area contributed by atoms with Crippen molar-refractivity contribution in [3.63, 3.8) is 0 Å². The predicted molar refractivity (Wildman–Crippen MR) is 79.6 cm³/mol. The molecule has 0 N–H and O–H groups in total. The van der Waals surface area contributed by atoms with E-state index in [-0.39, 0.29) is 6.10 Å². The zero-order chi connectivity index (χ0) is 12.8. The van der Waals surface area contributed by atoms with E-state index in [2.05, 4.69) is 52.6 Å². The maximum Gasteiger partial charge on any atom is 0.0874 e. The monoisotopic (exact) mass is 281 g/mol.